The Balaban J connectivity index is 1.51. The zero-order valence-electron chi connectivity index (χ0n) is 14.5. The second-order valence-corrected chi connectivity index (χ2v) is 6.52. The quantitative estimate of drug-likeness (QED) is 0.538. The number of nitrogens with one attached hydrogen (secondary N) is 1. The summed E-state index contributed by atoms with van der Waals surface area (Å²) < 4.78 is 0. The number of hydrogen-bond donors (Lipinski definition) is 1. The topological polar surface area (TPSA) is 45.8 Å². The molecule has 0 unspecified atom stereocenters. The fourth-order valence-electron chi connectivity index (χ4n) is 3.23. The molecule has 0 saturated heterocycles. The van der Waals surface area contributed by atoms with E-state index in [9.17, 15) is 4.79 Å². The van der Waals surface area contributed by atoms with E-state index < -0.39 is 0 Å². The van der Waals surface area contributed by atoms with Gasteiger partial charge in [0.25, 0.3) is 0 Å². The minimum atomic E-state index is 0.262. The lowest BCUT2D eigenvalue weighted by Gasteiger charge is -2.04. The number of carbonyl (C=O) groups is 1. The first-order valence-corrected chi connectivity index (χ1v) is 8.87. The van der Waals surface area contributed by atoms with Crippen LogP contribution in [0.25, 0.3) is 22.2 Å². The maximum Gasteiger partial charge on any atom is 0.137 e. The van der Waals surface area contributed by atoms with Crippen LogP contribution in [0.5, 0.6) is 0 Å². The van der Waals surface area contributed by atoms with Crippen molar-refractivity contribution in [3.63, 3.8) is 0 Å². The summed E-state index contributed by atoms with van der Waals surface area (Å²) in [6.45, 7) is 0. The first-order valence-electron chi connectivity index (χ1n) is 8.87. The maximum atomic E-state index is 12.4. The van der Waals surface area contributed by atoms with Gasteiger partial charge in [-0.05, 0) is 29.7 Å². The number of aromatic amines is 1. The minimum absolute atomic E-state index is 0.262. The van der Waals surface area contributed by atoms with Crippen LogP contribution in [0.3, 0.4) is 0 Å². The molecule has 1 aromatic heterocycles. The standard InChI is InChI=1S/C23H20N2O/c26-20(13-11-17-7-3-1-4-8-17)15-18-12-14-22-21(16-18)23(25-24-22)19-9-5-2-6-10-19/h1-10,12,14,16H,11,13,15H2,(H,24,25). The zero-order valence-corrected chi connectivity index (χ0v) is 14.5. The summed E-state index contributed by atoms with van der Waals surface area (Å²) in [5, 5.41) is 8.59. The lowest BCUT2D eigenvalue weighted by molar-refractivity contribution is -0.118. The van der Waals surface area contributed by atoms with Crippen LogP contribution in [0.1, 0.15) is 17.5 Å². The Kier molecular flexibility index (Phi) is 4.61. The second kappa shape index (κ2) is 7.36. The van der Waals surface area contributed by atoms with Crippen molar-refractivity contribution in [2.24, 2.45) is 0 Å². The number of nitrogens with zero attached hydrogens (tertiary/aromatic N) is 1. The molecule has 0 bridgehead atoms. The number of hydrogen-bond acceptors (Lipinski definition) is 2. The van der Waals surface area contributed by atoms with Gasteiger partial charge in [0, 0.05) is 23.8 Å². The number of aryl methyl sites for hydroxylation is 1. The molecular weight excluding hydrogens is 320 g/mol. The molecule has 0 fully saturated rings. The Morgan fingerprint density at radius 3 is 2.35 bits per heavy atom. The number of Topliss-reactive ketones (excluding diaryl/α,β-unsaturated/α-hetero) is 1. The minimum Gasteiger partial charge on any atom is -0.299 e. The van der Waals surface area contributed by atoms with Crippen LogP contribution in [0.2, 0.25) is 0 Å². The van der Waals surface area contributed by atoms with Crippen molar-refractivity contribution in [2.75, 3.05) is 0 Å². The van der Waals surface area contributed by atoms with Gasteiger partial charge in [-0.15, -0.1) is 0 Å². The maximum absolute atomic E-state index is 12.4. The smallest absolute Gasteiger partial charge is 0.137 e. The molecule has 3 aromatic carbocycles. The average Bonchev–Trinajstić information content (AvgIpc) is 3.11. The fraction of sp³-hybridized carbons (Fsp3) is 0.130. The van der Waals surface area contributed by atoms with E-state index in [2.05, 4.69) is 28.4 Å². The summed E-state index contributed by atoms with van der Waals surface area (Å²) in [5.41, 5.74) is 5.24. The molecular formula is C23H20N2O. The molecule has 0 saturated carbocycles. The highest BCUT2D eigenvalue weighted by Gasteiger charge is 2.10. The van der Waals surface area contributed by atoms with Crippen LogP contribution in [0.15, 0.2) is 78.9 Å². The highest BCUT2D eigenvalue weighted by atomic mass is 16.1. The molecule has 26 heavy (non-hydrogen) atoms. The molecule has 0 amide bonds. The molecule has 1 heterocycles. The monoisotopic (exact) mass is 340 g/mol. The summed E-state index contributed by atoms with van der Waals surface area (Å²) >= 11 is 0. The average molecular weight is 340 g/mol. The Labute approximate surface area is 152 Å². The van der Waals surface area contributed by atoms with E-state index in [-0.39, 0.29) is 5.78 Å². The van der Waals surface area contributed by atoms with Gasteiger partial charge >= 0.3 is 0 Å². The summed E-state index contributed by atoms with van der Waals surface area (Å²) in [7, 11) is 0. The lowest BCUT2D eigenvalue weighted by Crippen LogP contribution is -2.04. The van der Waals surface area contributed by atoms with Crippen LogP contribution in [-0.2, 0) is 17.6 Å². The zero-order chi connectivity index (χ0) is 17.8. The van der Waals surface area contributed by atoms with Crippen LogP contribution < -0.4 is 0 Å². The molecule has 0 aliphatic heterocycles. The number of aromatic nitrogens is 2. The van der Waals surface area contributed by atoms with E-state index in [1.54, 1.807) is 0 Å². The van der Waals surface area contributed by atoms with Gasteiger partial charge in [0.1, 0.15) is 5.78 Å². The van der Waals surface area contributed by atoms with Crippen molar-refractivity contribution >= 4 is 16.7 Å². The van der Waals surface area contributed by atoms with Gasteiger partial charge in [-0.25, -0.2) is 0 Å². The van der Waals surface area contributed by atoms with Crippen LogP contribution in [0, 0.1) is 0 Å². The van der Waals surface area contributed by atoms with Gasteiger partial charge in [-0.2, -0.15) is 5.10 Å². The third-order valence-electron chi connectivity index (χ3n) is 4.61. The van der Waals surface area contributed by atoms with Crippen molar-refractivity contribution in [1.29, 1.82) is 0 Å². The van der Waals surface area contributed by atoms with E-state index in [1.165, 1.54) is 5.56 Å². The number of fused-ring (bicyclic) bond motifs is 1. The Morgan fingerprint density at radius 1 is 0.846 bits per heavy atom. The van der Waals surface area contributed by atoms with Crippen LogP contribution in [0.4, 0.5) is 0 Å². The predicted molar refractivity (Wildman–Crippen MR) is 105 cm³/mol. The van der Waals surface area contributed by atoms with Gasteiger partial charge in [-0.3, -0.25) is 9.89 Å². The Hall–Kier alpha value is -3.20. The first kappa shape index (κ1) is 16.3. The van der Waals surface area contributed by atoms with Crippen molar-refractivity contribution in [1.82, 2.24) is 10.2 Å². The summed E-state index contributed by atoms with van der Waals surface area (Å²) in [4.78, 5) is 12.4. The van der Waals surface area contributed by atoms with Crippen LogP contribution >= 0.6 is 0 Å². The highest BCUT2D eigenvalue weighted by molar-refractivity contribution is 5.94. The summed E-state index contributed by atoms with van der Waals surface area (Å²) in [6.07, 6.45) is 1.82. The Bertz CT molecular complexity index is 1020. The van der Waals surface area contributed by atoms with Crippen molar-refractivity contribution < 1.29 is 4.79 Å². The third-order valence-corrected chi connectivity index (χ3v) is 4.61. The number of benzene rings is 3. The highest BCUT2D eigenvalue weighted by Crippen LogP contribution is 2.27. The molecule has 3 heteroatoms. The fourth-order valence-corrected chi connectivity index (χ4v) is 3.23. The SMILES string of the molecule is O=C(CCc1ccccc1)Cc1ccc2[nH]nc(-c3ccccc3)c2c1. The van der Waals surface area contributed by atoms with E-state index >= 15 is 0 Å². The molecule has 4 aromatic rings. The molecule has 0 atom stereocenters. The molecule has 0 aliphatic carbocycles. The molecule has 4 rings (SSSR count). The summed E-state index contributed by atoms with van der Waals surface area (Å²) in [5.74, 6) is 0.262. The molecule has 3 nitrogen and oxygen atoms in total. The normalized spacial score (nSPS) is 10.9. The van der Waals surface area contributed by atoms with Gasteiger partial charge in [0.2, 0.25) is 0 Å². The molecule has 128 valence electrons. The number of ketones is 1. The summed E-state index contributed by atoms with van der Waals surface area (Å²) in [6, 6.07) is 26.4. The van der Waals surface area contributed by atoms with Gasteiger partial charge in [0.05, 0.1) is 11.2 Å². The molecule has 0 aliphatic rings. The Morgan fingerprint density at radius 2 is 1.58 bits per heavy atom. The molecule has 0 spiro atoms. The number of H-pyrrole nitrogens is 1. The van der Waals surface area contributed by atoms with E-state index in [0.717, 1.165) is 34.1 Å². The predicted octanol–water partition coefficient (Wildman–Crippen LogP) is 4.97. The van der Waals surface area contributed by atoms with E-state index in [1.807, 2.05) is 60.7 Å². The van der Waals surface area contributed by atoms with Gasteiger partial charge in [0.15, 0.2) is 0 Å². The lowest BCUT2D eigenvalue weighted by atomic mass is 10.0. The van der Waals surface area contributed by atoms with Gasteiger partial charge < -0.3 is 0 Å². The third kappa shape index (κ3) is 3.57. The number of carbonyl (C=O) groups excluding carboxylic acids is 1. The van der Waals surface area contributed by atoms with E-state index in [4.69, 9.17) is 0 Å². The number of rotatable bonds is 6. The molecule has 1 N–H and O–H groups in total. The molecule has 0 radical (unpaired) electrons. The van der Waals surface area contributed by atoms with Crippen molar-refractivity contribution in [2.45, 2.75) is 19.3 Å². The largest absolute Gasteiger partial charge is 0.299 e. The second-order valence-electron chi connectivity index (χ2n) is 6.52. The van der Waals surface area contributed by atoms with Gasteiger partial charge in [-0.1, -0.05) is 66.7 Å². The van der Waals surface area contributed by atoms with Crippen molar-refractivity contribution in [3.8, 4) is 11.3 Å². The first-order chi connectivity index (χ1) is 12.8. The van der Waals surface area contributed by atoms with Crippen molar-refractivity contribution in [3.05, 3.63) is 90.0 Å². The van der Waals surface area contributed by atoms with E-state index in [0.29, 0.717) is 12.8 Å². The van der Waals surface area contributed by atoms with Crippen LogP contribution in [-0.4, -0.2) is 16.0 Å².